The fraction of sp³-hybridized carbons (Fsp3) is 0.647. The fourth-order valence-corrected chi connectivity index (χ4v) is 3.03. The molecule has 0 aliphatic heterocycles. The molecule has 1 aromatic rings. The Morgan fingerprint density at radius 2 is 2.15 bits per heavy atom. The summed E-state index contributed by atoms with van der Waals surface area (Å²) in [6.07, 6.45) is 5.19. The molecule has 0 amide bonds. The van der Waals surface area contributed by atoms with Crippen molar-refractivity contribution in [3.05, 3.63) is 28.8 Å². The molecule has 20 heavy (non-hydrogen) atoms. The number of rotatable bonds is 5. The maximum absolute atomic E-state index is 6.35. The van der Waals surface area contributed by atoms with Crippen molar-refractivity contribution in [1.29, 1.82) is 0 Å². The molecule has 1 N–H and O–H groups in total. The smallest absolute Gasteiger partial charge is 0.142 e. The number of hydrogen-bond donors (Lipinski definition) is 1. The molecule has 1 saturated carbocycles. The Hall–Kier alpha value is -0.730. The van der Waals surface area contributed by atoms with Crippen molar-refractivity contribution >= 4 is 11.6 Å². The van der Waals surface area contributed by atoms with Crippen LogP contribution in [0, 0.1) is 5.92 Å². The van der Waals surface area contributed by atoms with Gasteiger partial charge in [0.1, 0.15) is 5.75 Å². The zero-order valence-electron chi connectivity index (χ0n) is 12.8. The van der Waals surface area contributed by atoms with Crippen LogP contribution in [0.25, 0.3) is 0 Å². The topological polar surface area (TPSA) is 21.3 Å². The second kappa shape index (κ2) is 7.33. The Labute approximate surface area is 127 Å². The summed E-state index contributed by atoms with van der Waals surface area (Å²) in [7, 11) is 0. The molecule has 1 aliphatic rings. The Morgan fingerprint density at radius 1 is 1.35 bits per heavy atom. The lowest BCUT2D eigenvalue weighted by Gasteiger charge is -2.28. The van der Waals surface area contributed by atoms with Crippen LogP contribution in [-0.2, 0) is 6.54 Å². The highest BCUT2D eigenvalue weighted by Crippen LogP contribution is 2.33. The second-order valence-corrected chi connectivity index (χ2v) is 6.68. The van der Waals surface area contributed by atoms with Crippen LogP contribution >= 0.6 is 11.6 Å². The molecule has 112 valence electrons. The summed E-state index contributed by atoms with van der Waals surface area (Å²) in [5.41, 5.74) is 1.16. The van der Waals surface area contributed by atoms with Crippen molar-refractivity contribution in [2.75, 3.05) is 0 Å². The van der Waals surface area contributed by atoms with E-state index in [0.29, 0.717) is 12.1 Å². The summed E-state index contributed by atoms with van der Waals surface area (Å²) in [5.74, 6) is 1.63. The molecule has 2 unspecified atom stereocenters. The van der Waals surface area contributed by atoms with Gasteiger partial charge in [-0.2, -0.15) is 0 Å². The maximum atomic E-state index is 6.35. The lowest BCUT2D eigenvalue weighted by Crippen LogP contribution is -2.26. The number of nitrogens with one attached hydrogen (secondary N) is 1. The highest BCUT2D eigenvalue weighted by molar-refractivity contribution is 6.32. The number of hydrogen-bond acceptors (Lipinski definition) is 2. The van der Waals surface area contributed by atoms with Gasteiger partial charge < -0.3 is 10.1 Å². The molecular weight excluding hydrogens is 270 g/mol. The van der Waals surface area contributed by atoms with Gasteiger partial charge in [0.05, 0.1) is 11.1 Å². The third-order valence-electron chi connectivity index (χ3n) is 3.92. The molecule has 0 bridgehead atoms. The molecule has 0 aromatic heterocycles. The van der Waals surface area contributed by atoms with Gasteiger partial charge in [0.25, 0.3) is 0 Å². The number of ether oxygens (including phenoxy) is 1. The number of halogens is 1. The van der Waals surface area contributed by atoms with E-state index in [-0.39, 0.29) is 0 Å². The molecule has 3 heteroatoms. The van der Waals surface area contributed by atoms with Gasteiger partial charge in [0, 0.05) is 18.2 Å². The van der Waals surface area contributed by atoms with Crippen LogP contribution in [0.3, 0.4) is 0 Å². The van der Waals surface area contributed by atoms with E-state index in [9.17, 15) is 0 Å². The molecule has 2 nitrogen and oxygen atoms in total. The molecule has 0 heterocycles. The zero-order valence-corrected chi connectivity index (χ0v) is 13.5. The molecule has 1 fully saturated rings. The van der Waals surface area contributed by atoms with Crippen LogP contribution < -0.4 is 10.1 Å². The Kier molecular flexibility index (Phi) is 5.74. The van der Waals surface area contributed by atoms with Gasteiger partial charge in [0.15, 0.2) is 0 Å². The van der Waals surface area contributed by atoms with Crippen molar-refractivity contribution < 1.29 is 4.74 Å². The first-order valence-corrected chi connectivity index (χ1v) is 8.11. The van der Waals surface area contributed by atoms with E-state index < -0.39 is 0 Å². The second-order valence-electron chi connectivity index (χ2n) is 6.28. The van der Waals surface area contributed by atoms with Crippen molar-refractivity contribution in [2.45, 2.75) is 65.1 Å². The fourth-order valence-electron chi connectivity index (χ4n) is 2.79. The first kappa shape index (κ1) is 15.7. The average molecular weight is 296 g/mol. The molecule has 2 rings (SSSR count). The molecule has 0 radical (unpaired) electrons. The van der Waals surface area contributed by atoms with E-state index in [4.69, 9.17) is 16.3 Å². The standard InChI is InChI=1S/C17H26ClNO/c1-12(2)19-11-14-7-5-9-16(18)17(14)20-15-8-4-6-13(3)10-15/h5,7,9,12-13,15,19H,4,6,8,10-11H2,1-3H3. The zero-order chi connectivity index (χ0) is 14.5. The monoisotopic (exact) mass is 295 g/mol. The minimum absolute atomic E-state index is 0.316. The molecule has 1 aliphatic carbocycles. The van der Waals surface area contributed by atoms with Crippen LogP contribution in [0.1, 0.15) is 52.0 Å². The molecule has 0 saturated heterocycles. The maximum Gasteiger partial charge on any atom is 0.142 e. The van der Waals surface area contributed by atoms with Crippen LogP contribution in [0.2, 0.25) is 5.02 Å². The first-order chi connectivity index (χ1) is 9.56. The predicted molar refractivity (Wildman–Crippen MR) is 85.5 cm³/mol. The lowest BCUT2D eigenvalue weighted by atomic mass is 9.88. The first-order valence-electron chi connectivity index (χ1n) is 7.73. The average Bonchev–Trinajstić information content (AvgIpc) is 2.39. The van der Waals surface area contributed by atoms with E-state index in [1.165, 1.54) is 12.8 Å². The van der Waals surface area contributed by atoms with Gasteiger partial charge in [-0.1, -0.05) is 50.9 Å². The molecular formula is C17H26ClNO. The summed E-state index contributed by atoms with van der Waals surface area (Å²) in [6.45, 7) is 7.40. The van der Waals surface area contributed by atoms with Crippen molar-refractivity contribution in [2.24, 2.45) is 5.92 Å². The third-order valence-corrected chi connectivity index (χ3v) is 4.22. The Morgan fingerprint density at radius 3 is 2.85 bits per heavy atom. The predicted octanol–water partition coefficient (Wildman–Crippen LogP) is 4.80. The van der Waals surface area contributed by atoms with Gasteiger partial charge in [-0.15, -0.1) is 0 Å². The van der Waals surface area contributed by atoms with E-state index in [2.05, 4.69) is 32.2 Å². The van der Waals surface area contributed by atoms with Gasteiger partial charge in [-0.25, -0.2) is 0 Å². The SMILES string of the molecule is CC1CCCC(Oc2c(Cl)cccc2CNC(C)C)C1. The minimum atomic E-state index is 0.316. The lowest BCUT2D eigenvalue weighted by molar-refractivity contribution is 0.128. The minimum Gasteiger partial charge on any atom is -0.489 e. The van der Waals surface area contributed by atoms with E-state index in [0.717, 1.165) is 41.6 Å². The van der Waals surface area contributed by atoms with E-state index >= 15 is 0 Å². The van der Waals surface area contributed by atoms with Crippen LogP contribution in [0.15, 0.2) is 18.2 Å². The number of para-hydroxylation sites is 1. The summed E-state index contributed by atoms with van der Waals surface area (Å²) in [6, 6.07) is 6.47. The summed E-state index contributed by atoms with van der Waals surface area (Å²) in [4.78, 5) is 0. The van der Waals surface area contributed by atoms with Gasteiger partial charge >= 0.3 is 0 Å². The highest BCUT2D eigenvalue weighted by atomic mass is 35.5. The van der Waals surface area contributed by atoms with Crippen molar-refractivity contribution in [1.82, 2.24) is 5.32 Å². The van der Waals surface area contributed by atoms with Gasteiger partial charge in [-0.3, -0.25) is 0 Å². The van der Waals surface area contributed by atoms with Gasteiger partial charge in [0.2, 0.25) is 0 Å². The van der Waals surface area contributed by atoms with Crippen LogP contribution in [0.4, 0.5) is 0 Å². The summed E-state index contributed by atoms with van der Waals surface area (Å²) >= 11 is 6.35. The third kappa shape index (κ3) is 4.39. The quantitative estimate of drug-likeness (QED) is 0.843. The van der Waals surface area contributed by atoms with Gasteiger partial charge in [-0.05, 0) is 31.2 Å². The molecule has 1 aromatic carbocycles. The number of benzene rings is 1. The Bertz CT molecular complexity index is 433. The summed E-state index contributed by atoms with van der Waals surface area (Å²) in [5, 5.41) is 4.16. The van der Waals surface area contributed by atoms with E-state index in [1.807, 2.05) is 12.1 Å². The summed E-state index contributed by atoms with van der Waals surface area (Å²) < 4.78 is 6.25. The van der Waals surface area contributed by atoms with Crippen LogP contribution in [-0.4, -0.2) is 12.1 Å². The Balaban J connectivity index is 2.08. The molecule has 2 atom stereocenters. The van der Waals surface area contributed by atoms with E-state index in [1.54, 1.807) is 0 Å². The highest BCUT2D eigenvalue weighted by Gasteiger charge is 2.22. The van der Waals surface area contributed by atoms with Crippen LogP contribution in [0.5, 0.6) is 5.75 Å². The normalized spacial score (nSPS) is 23.1. The van der Waals surface area contributed by atoms with Crippen molar-refractivity contribution in [3.8, 4) is 5.75 Å². The molecule has 0 spiro atoms. The van der Waals surface area contributed by atoms with Crippen molar-refractivity contribution in [3.63, 3.8) is 0 Å². The largest absolute Gasteiger partial charge is 0.489 e.